The molecule has 2 aromatic heterocycles. The van der Waals surface area contributed by atoms with Gasteiger partial charge in [-0.3, -0.25) is 9.59 Å². The summed E-state index contributed by atoms with van der Waals surface area (Å²) in [5.74, 6) is -1.39. The maximum Gasteiger partial charge on any atom is 0.437 e. The molecule has 1 aromatic carbocycles. The van der Waals surface area contributed by atoms with Crippen molar-refractivity contribution in [2.45, 2.75) is 51.6 Å². The third-order valence-electron chi connectivity index (χ3n) is 5.48. The first-order valence-electron chi connectivity index (χ1n) is 10.7. The fraction of sp³-hybridized carbons (Fsp3) is 0.391. The Kier molecular flexibility index (Phi) is 6.84. The summed E-state index contributed by atoms with van der Waals surface area (Å²) in [5, 5.41) is 8.80. The molecule has 4 rings (SSSR count). The first-order valence-corrected chi connectivity index (χ1v) is 11.6. The van der Waals surface area contributed by atoms with E-state index in [2.05, 4.69) is 22.5 Å². The van der Waals surface area contributed by atoms with Crippen molar-refractivity contribution in [2.24, 2.45) is 0 Å². The number of amides is 1. The summed E-state index contributed by atoms with van der Waals surface area (Å²) in [5.41, 5.74) is 3.78. The number of fused-ring (bicyclic) bond motifs is 1. The molecule has 0 saturated carbocycles. The molecule has 0 bridgehead atoms. The SMILES string of the molecule is CC(NC(=O)COC(=O)CCn1nc(-c2cccs2)oc1=O)c1ccc2c(c1)CCCC2. The first kappa shape index (κ1) is 22.0. The van der Waals surface area contributed by atoms with Gasteiger partial charge in [-0.1, -0.05) is 24.3 Å². The summed E-state index contributed by atoms with van der Waals surface area (Å²) < 4.78 is 11.2. The number of ether oxygens (including phenoxy) is 1. The standard InChI is InChI=1S/C23H25N3O5S/c1-15(17-9-8-16-5-2-3-6-18(16)13-17)24-20(27)14-30-21(28)10-11-26-23(29)31-22(25-26)19-7-4-12-32-19/h4,7-9,12-13,15H,2-3,5-6,10-11,14H2,1H3,(H,24,27). The van der Waals surface area contributed by atoms with E-state index in [4.69, 9.17) is 9.15 Å². The Bertz CT molecular complexity index is 1150. The van der Waals surface area contributed by atoms with Crippen molar-refractivity contribution in [2.75, 3.05) is 6.61 Å². The minimum atomic E-state index is -0.641. The Balaban J connectivity index is 1.23. The van der Waals surface area contributed by atoms with Crippen molar-refractivity contribution in [1.29, 1.82) is 0 Å². The lowest BCUT2D eigenvalue weighted by Gasteiger charge is -2.20. The normalized spacial score (nSPS) is 13.9. The number of carbonyl (C=O) groups is 2. The van der Waals surface area contributed by atoms with Crippen molar-refractivity contribution >= 4 is 23.2 Å². The van der Waals surface area contributed by atoms with Gasteiger partial charge >= 0.3 is 11.7 Å². The minimum Gasteiger partial charge on any atom is -0.456 e. The summed E-state index contributed by atoms with van der Waals surface area (Å²) >= 11 is 1.40. The van der Waals surface area contributed by atoms with Crippen LogP contribution in [0, 0.1) is 0 Å². The van der Waals surface area contributed by atoms with Crippen molar-refractivity contribution in [3.8, 4) is 10.8 Å². The van der Waals surface area contributed by atoms with Gasteiger partial charge in [0, 0.05) is 0 Å². The molecule has 168 valence electrons. The number of rotatable bonds is 8. The second-order valence-electron chi connectivity index (χ2n) is 7.81. The zero-order chi connectivity index (χ0) is 22.5. The van der Waals surface area contributed by atoms with Crippen molar-refractivity contribution in [3.63, 3.8) is 0 Å². The molecule has 0 fully saturated rings. The third-order valence-corrected chi connectivity index (χ3v) is 6.34. The predicted molar refractivity (Wildman–Crippen MR) is 119 cm³/mol. The summed E-state index contributed by atoms with van der Waals surface area (Å²) in [6.45, 7) is 1.55. The van der Waals surface area contributed by atoms with Gasteiger partial charge in [-0.2, -0.15) is 4.68 Å². The van der Waals surface area contributed by atoms with Gasteiger partial charge in [-0.05, 0) is 60.7 Å². The molecule has 0 spiro atoms. The number of aromatic nitrogens is 2. The van der Waals surface area contributed by atoms with Crippen LogP contribution in [0.2, 0.25) is 0 Å². The highest BCUT2D eigenvalue weighted by atomic mass is 32.1. The van der Waals surface area contributed by atoms with Crippen LogP contribution in [0.25, 0.3) is 10.8 Å². The number of thiophene rings is 1. The number of benzene rings is 1. The second-order valence-corrected chi connectivity index (χ2v) is 8.76. The van der Waals surface area contributed by atoms with Gasteiger partial charge in [0.1, 0.15) is 0 Å². The fourth-order valence-electron chi connectivity index (χ4n) is 3.75. The first-order chi connectivity index (χ1) is 15.5. The van der Waals surface area contributed by atoms with Crippen LogP contribution >= 0.6 is 11.3 Å². The van der Waals surface area contributed by atoms with E-state index in [0.29, 0.717) is 0 Å². The van der Waals surface area contributed by atoms with Crippen LogP contribution in [0.5, 0.6) is 0 Å². The molecule has 1 aliphatic rings. The predicted octanol–water partition coefficient (Wildman–Crippen LogP) is 3.25. The molecule has 2 heterocycles. The van der Waals surface area contributed by atoms with Gasteiger partial charge < -0.3 is 14.5 Å². The molecule has 1 atom stereocenters. The van der Waals surface area contributed by atoms with Crippen molar-refractivity contribution in [1.82, 2.24) is 15.1 Å². The Morgan fingerprint density at radius 3 is 2.84 bits per heavy atom. The topological polar surface area (TPSA) is 103 Å². The molecule has 9 heteroatoms. The molecular weight excluding hydrogens is 430 g/mol. The zero-order valence-corrected chi connectivity index (χ0v) is 18.7. The molecule has 3 aromatic rings. The molecule has 8 nitrogen and oxygen atoms in total. The average molecular weight is 456 g/mol. The highest BCUT2D eigenvalue weighted by molar-refractivity contribution is 7.13. The van der Waals surface area contributed by atoms with Gasteiger partial charge in [0.15, 0.2) is 6.61 Å². The molecule has 0 aliphatic heterocycles. The molecule has 32 heavy (non-hydrogen) atoms. The number of esters is 1. The van der Waals surface area contributed by atoms with Crippen molar-refractivity contribution < 1.29 is 18.7 Å². The van der Waals surface area contributed by atoms with E-state index in [1.54, 1.807) is 6.07 Å². The monoisotopic (exact) mass is 455 g/mol. The maximum absolute atomic E-state index is 12.2. The van der Waals surface area contributed by atoms with E-state index in [1.165, 1.54) is 35.3 Å². The van der Waals surface area contributed by atoms with Crippen LogP contribution in [0.4, 0.5) is 0 Å². The van der Waals surface area contributed by atoms with Crippen LogP contribution in [0.3, 0.4) is 0 Å². The smallest absolute Gasteiger partial charge is 0.437 e. The van der Waals surface area contributed by atoms with Gasteiger partial charge in [0.2, 0.25) is 0 Å². The second kappa shape index (κ2) is 9.95. The van der Waals surface area contributed by atoms with Crippen molar-refractivity contribution in [3.05, 3.63) is 63.0 Å². The summed E-state index contributed by atoms with van der Waals surface area (Å²) in [6, 6.07) is 9.78. The third kappa shape index (κ3) is 5.34. The molecule has 0 radical (unpaired) electrons. The number of nitrogens with zero attached hydrogens (tertiary/aromatic N) is 2. The Morgan fingerprint density at radius 1 is 1.25 bits per heavy atom. The lowest BCUT2D eigenvalue weighted by atomic mass is 9.89. The largest absolute Gasteiger partial charge is 0.456 e. The van der Waals surface area contributed by atoms with Crippen LogP contribution in [0.1, 0.15) is 48.9 Å². The maximum atomic E-state index is 12.2. The Labute approximate surface area is 189 Å². The number of hydrogen-bond donors (Lipinski definition) is 1. The van der Waals surface area contributed by atoms with E-state index >= 15 is 0 Å². The van der Waals surface area contributed by atoms with Crippen LogP contribution in [-0.2, 0) is 33.7 Å². The summed E-state index contributed by atoms with van der Waals surface area (Å²) in [7, 11) is 0. The number of aryl methyl sites for hydroxylation is 3. The Morgan fingerprint density at radius 2 is 2.06 bits per heavy atom. The summed E-state index contributed by atoms with van der Waals surface area (Å²) in [4.78, 5) is 36.8. The number of hydrogen-bond acceptors (Lipinski definition) is 7. The molecule has 1 N–H and O–H groups in total. The van der Waals surface area contributed by atoms with E-state index in [-0.39, 0.29) is 37.4 Å². The quantitative estimate of drug-likeness (QED) is 0.523. The van der Waals surface area contributed by atoms with E-state index in [1.807, 2.05) is 24.4 Å². The van der Waals surface area contributed by atoms with E-state index < -0.39 is 11.7 Å². The number of carbonyl (C=O) groups excluding carboxylic acids is 2. The molecule has 1 aliphatic carbocycles. The van der Waals surface area contributed by atoms with E-state index in [0.717, 1.165) is 28.0 Å². The number of nitrogens with one attached hydrogen (secondary N) is 1. The minimum absolute atomic E-state index is 0.0136. The van der Waals surface area contributed by atoms with Crippen LogP contribution in [-0.4, -0.2) is 28.3 Å². The highest BCUT2D eigenvalue weighted by Gasteiger charge is 2.16. The molecular formula is C23H25N3O5S. The zero-order valence-electron chi connectivity index (χ0n) is 17.8. The van der Waals surface area contributed by atoms with Crippen LogP contribution < -0.4 is 11.1 Å². The molecule has 1 unspecified atom stereocenters. The van der Waals surface area contributed by atoms with Gasteiger partial charge in [0.25, 0.3) is 11.8 Å². The molecule has 0 saturated heterocycles. The van der Waals surface area contributed by atoms with Crippen LogP contribution in [0.15, 0.2) is 44.9 Å². The van der Waals surface area contributed by atoms with E-state index in [9.17, 15) is 14.4 Å². The molecule has 1 amide bonds. The average Bonchev–Trinajstić information content (AvgIpc) is 3.45. The lowest BCUT2D eigenvalue weighted by molar-refractivity contribution is -0.149. The summed E-state index contributed by atoms with van der Waals surface area (Å²) in [6.07, 6.45) is 4.52. The van der Waals surface area contributed by atoms with Gasteiger partial charge in [-0.15, -0.1) is 16.4 Å². The lowest BCUT2D eigenvalue weighted by Crippen LogP contribution is -2.31. The Hall–Kier alpha value is -3.20. The van der Waals surface area contributed by atoms with Gasteiger partial charge in [-0.25, -0.2) is 4.79 Å². The highest BCUT2D eigenvalue weighted by Crippen LogP contribution is 2.25. The van der Waals surface area contributed by atoms with Gasteiger partial charge in [0.05, 0.1) is 23.9 Å². The fourth-order valence-corrected chi connectivity index (χ4v) is 4.40.